The molecule has 2 unspecified atom stereocenters. The number of hydrogen-bond acceptors (Lipinski definition) is 3. The zero-order chi connectivity index (χ0) is 12.3. The van der Waals surface area contributed by atoms with Gasteiger partial charge < -0.3 is 5.32 Å². The second-order valence-corrected chi connectivity index (χ2v) is 6.13. The summed E-state index contributed by atoms with van der Waals surface area (Å²) in [6.45, 7) is 12.8. The minimum absolute atomic E-state index is 0.289. The summed E-state index contributed by atoms with van der Waals surface area (Å²) in [5.74, 6) is 0. The predicted molar refractivity (Wildman–Crippen MR) is 70.9 cm³/mol. The summed E-state index contributed by atoms with van der Waals surface area (Å²) < 4.78 is 0. The van der Waals surface area contributed by atoms with Crippen molar-refractivity contribution in [3.8, 4) is 0 Å². The Kier molecular flexibility index (Phi) is 4.77. The van der Waals surface area contributed by atoms with E-state index in [1.807, 2.05) is 7.05 Å². The first kappa shape index (κ1) is 13.9. The van der Waals surface area contributed by atoms with Crippen molar-refractivity contribution in [3.63, 3.8) is 0 Å². The normalized spacial score (nSPS) is 30.4. The molecule has 0 aliphatic carbocycles. The van der Waals surface area contributed by atoms with Crippen molar-refractivity contribution in [1.29, 1.82) is 0 Å². The van der Waals surface area contributed by atoms with Crippen LogP contribution in [-0.4, -0.2) is 61.2 Å². The maximum atomic E-state index is 3.32. The Balaban J connectivity index is 2.73. The van der Waals surface area contributed by atoms with Crippen LogP contribution in [0.3, 0.4) is 0 Å². The third kappa shape index (κ3) is 3.44. The summed E-state index contributed by atoms with van der Waals surface area (Å²) in [5.41, 5.74) is 0.289. The Morgan fingerprint density at radius 1 is 1.31 bits per heavy atom. The number of hydrogen-bond donors (Lipinski definition) is 1. The van der Waals surface area contributed by atoms with Crippen LogP contribution in [0, 0.1) is 0 Å². The molecule has 1 aliphatic heterocycles. The van der Waals surface area contributed by atoms with Gasteiger partial charge in [-0.05, 0) is 48.2 Å². The third-order valence-electron chi connectivity index (χ3n) is 3.91. The lowest BCUT2D eigenvalue weighted by molar-refractivity contribution is 0.115. The van der Waals surface area contributed by atoms with Crippen LogP contribution >= 0.6 is 0 Å². The lowest BCUT2D eigenvalue weighted by Gasteiger charge is -2.37. The molecule has 1 heterocycles. The molecule has 2 atom stereocenters. The highest BCUT2D eigenvalue weighted by molar-refractivity contribution is 4.88. The van der Waals surface area contributed by atoms with E-state index in [0.717, 1.165) is 6.54 Å². The quantitative estimate of drug-likeness (QED) is 0.769. The smallest absolute Gasteiger partial charge is 0.0347 e. The summed E-state index contributed by atoms with van der Waals surface area (Å²) in [7, 11) is 4.31. The standard InChI is InChI=1S/C13H29N3/c1-11-7-8-16(13(2,3)4)10-12(9-14-5)15(11)6/h11-12,14H,7-10H2,1-6H3. The van der Waals surface area contributed by atoms with E-state index in [2.05, 4.69) is 49.9 Å². The molecule has 3 heteroatoms. The van der Waals surface area contributed by atoms with E-state index < -0.39 is 0 Å². The predicted octanol–water partition coefficient (Wildman–Crippen LogP) is 1.40. The maximum Gasteiger partial charge on any atom is 0.0347 e. The first-order valence-corrected chi connectivity index (χ1v) is 6.48. The second-order valence-electron chi connectivity index (χ2n) is 6.13. The Morgan fingerprint density at radius 2 is 1.94 bits per heavy atom. The number of nitrogens with one attached hydrogen (secondary N) is 1. The molecule has 0 radical (unpaired) electrons. The molecule has 0 saturated carbocycles. The highest BCUT2D eigenvalue weighted by Crippen LogP contribution is 2.21. The van der Waals surface area contributed by atoms with E-state index in [9.17, 15) is 0 Å². The lowest BCUT2D eigenvalue weighted by Crippen LogP contribution is -2.50. The van der Waals surface area contributed by atoms with E-state index in [1.165, 1.54) is 19.5 Å². The highest BCUT2D eigenvalue weighted by atomic mass is 15.3. The molecule has 0 bridgehead atoms. The summed E-state index contributed by atoms with van der Waals surface area (Å²) in [4.78, 5) is 5.15. The van der Waals surface area contributed by atoms with Crippen molar-refractivity contribution in [2.45, 2.75) is 51.7 Å². The van der Waals surface area contributed by atoms with E-state index in [4.69, 9.17) is 0 Å². The van der Waals surface area contributed by atoms with E-state index >= 15 is 0 Å². The van der Waals surface area contributed by atoms with E-state index in [-0.39, 0.29) is 5.54 Å². The van der Waals surface area contributed by atoms with Gasteiger partial charge in [0.2, 0.25) is 0 Å². The first-order valence-electron chi connectivity index (χ1n) is 6.48. The minimum atomic E-state index is 0.289. The van der Waals surface area contributed by atoms with Crippen LogP contribution in [0.25, 0.3) is 0 Å². The van der Waals surface area contributed by atoms with E-state index in [1.54, 1.807) is 0 Å². The minimum Gasteiger partial charge on any atom is -0.318 e. The van der Waals surface area contributed by atoms with Crippen LogP contribution in [0.1, 0.15) is 34.1 Å². The fourth-order valence-electron chi connectivity index (χ4n) is 2.43. The summed E-state index contributed by atoms with van der Waals surface area (Å²) in [6.07, 6.45) is 1.27. The van der Waals surface area contributed by atoms with Gasteiger partial charge in [-0.1, -0.05) is 0 Å². The molecule has 0 aromatic rings. The Labute approximate surface area is 101 Å². The number of rotatable bonds is 2. The van der Waals surface area contributed by atoms with Crippen LogP contribution in [0.2, 0.25) is 0 Å². The fraction of sp³-hybridized carbons (Fsp3) is 1.00. The second kappa shape index (κ2) is 5.48. The maximum absolute atomic E-state index is 3.32. The fourth-order valence-corrected chi connectivity index (χ4v) is 2.43. The highest BCUT2D eigenvalue weighted by Gasteiger charge is 2.31. The summed E-state index contributed by atoms with van der Waals surface area (Å²) in [6, 6.07) is 1.31. The lowest BCUT2D eigenvalue weighted by atomic mass is 10.0. The zero-order valence-electron chi connectivity index (χ0n) is 11.9. The van der Waals surface area contributed by atoms with Crippen LogP contribution < -0.4 is 5.32 Å². The Bertz CT molecular complexity index is 210. The van der Waals surface area contributed by atoms with Crippen molar-refractivity contribution in [2.24, 2.45) is 0 Å². The zero-order valence-corrected chi connectivity index (χ0v) is 11.9. The molecule has 0 aromatic carbocycles. The average Bonchev–Trinajstić information content (AvgIpc) is 2.31. The number of likely N-dealkylation sites (N-methyl/N-ethyl adjacent to an activating group) is 2. The van der Waals surface area contributed by atoms with Crippen molar-refractivity contribution < 1.29 is 0 Å². The molecule has 96 valence electrons. The van der Waals surface area contributed by atoms with Crippen molar-refractivity contribution in [1.82, 2.24) is 15.1 Å². The molecular formula is C13H29N3. The van der Waals surface area contributed by atoms with Gasteiger partial charge in [-0.15, -0.1) is 0 Å². The monoisotopic (exact) mass is 227 g/mol. The van der Waals surface area contributed by atoms with Gasteiger partial charge in [0.15, 0.2) is 0 Å². The molecule has 1 fully saturated rings. The van der Waals surface area contributed by atoms with Gasteiger partial charge in [-0.25, -0.2) is 0 Å². The van der Waals surface area contributed by atoms with E-state index in [0.29, 0.717) is 12.1 Å². The van der Waals surface area contributed by atoms with Gasteiger partial charge in [-0.3, -0.25) is 9.80 Å². The molecule has 16 heavy (non-hydrogen) atoms. The van der Waals surface area contributed by atoms with Crippen LogP contribution in [0.5, 0.6) is 0 Å². The Morgan fingerprint density at radius 3 is 2.44 bits per heavy atom. The average molecular weight is 227 g/mol. The first-order chi connectivity index (χ1) is 7.36. The van der Waals surface area contributed by atoms with Gasteiger partial charge in [0.1, 0.15) is 0 Å². The van der Waals surface area contributed by atoms with Crippen molar-refractivity contribution in [2.75, 3.05) is 33.7 Å². The molecule has 0 spiro atoms. The van der Waals surface area contributed by atoms with Gasteiger partial charge in [-0.2, -0.15) is 0 Å². The van der Waals surface area contributed by atoms with Gasteiger partial charge in [0.25, 0.3) is 0 Å². The van der Waals surface area contributed by atoms with Crippen LogP contribution in [-0.2, 0) is 0 Å². The molecule has 1 aliphatic rings. The molecule has 1 rings (SSSR count). The summed E-state index contributed by atoms with van der Waals surface area (Å²) >= 11 is 0. The van der Waals surface area contributed by atoms with Gasteiger partial charge in [0, 0.05) is 37.3 Å². The third-order valence-corrected chi connectivity index (χ3v) is 3.91. The molecule has 0 amide bonds. The summed E-state index contributed by atoms with van der Waals surface area (Å²) in [5, 5.41) is 3.32. The van der Waals surface area contributed by atoms with Crippen LogP contribution in [0.15, 0.2) is 0 Å². The molecule has 1 N–H and O–H groups in total. The van der Waals surface area contributed by atoms with Gasteiger partial charge >= 0.3 is 0 Å². The topological polar surface area (TPSA) is 18.5 Å². The SMILES string of the molecule is CNCC1CN(C(C)(C)C)CCC(C)N1C. The largest absolute Gasteiger partial charge is 0.318 e. The van der Waals surface area contributed by atoms with Crippen molar-refractivity contribution >= 4 is 0 Å². The Hall–Kier alpha value is -0.120. The van der Waals surface area contributed by atoms with Gasteiger partial charge in [0.05, 0.1) is 0 Å². The number of nitrogens with zero attached hydrogens (tertiary/aromatic N) is 2. The van der Waals surface area contributed by atoms with Crippen LogP contribution in [0.4, 0.5) is 0 Å². The van der Waals surface area contributed by atoms with Crippen molar-refractivity contribution in [3.05, 3.63) is 0 Å². The molecule has 1 saturated heterocycles. The molecule has 0 aromatic heterocycles. The molecule has 3 nitrogen and oxygen atoms in total. The molecular weight excluding hydrogens is 198 g/mol.